The van der Waals surface area contributed by atoms with Crippen LogP contribution in [0.15, 0.2) is 47.5 Å². The number of carbonyl (C=O) groups excluding carboxylic acids is 1. The van der Waals surface area contributed by atoms with Gasteiger partial charge in [-0.3, -0.25) is 4.79 Å². The lowest BCUT2D eigenvalue weighted by Crippen LogP contribution is -2.22. The van der Waals surface area contributed by atoms with Crippen LogP contribution in [-0.2, 0) is 13.1 Å². The van der Waals surface area contributed by atoms with Gasteiger partial charge >= 0.3 is 0 Å². The average molecular weight is 432 g/mol. The summed E-state index contributed by atoms with van der Waals surface area (Å²) in [5.41, 5.74) is 10.7. The van der Waals surface area contributed by atoms with Gasteiger partial charge in [-0.2, -0.15) is 11.3 Å². The Hall–Kier alpha value is -3.67. The largest absolute Gasteiger partial charge is 0.395 e. The topological polar surface area (TPSA) is 106 Å². The average Bonchev–Trinajstić information content (AvgIpc) is 3.41. The first-order valence-electron chi connectivity index (χ1n) is 9.69. The Morgan fingerprint density at radius 2 is 2.10 bits per heavy atom. The first-order valence-corrected chi connectivity index (χ1v) is 10.6. The summed E-state index contributed by atoms with van der Waals surface area (Å²) in [5, 5.41) is 16.9. The number of nitrogens with zero attached hydrogens (tertiary/aromatic N) is 3. The van der Waals surface area contributed by atoms with E-state index in [2.05, 4.69) is 27.1 Å². The molecule has 0 aliphatic rings. The van der Waals surface area contributed by atoms with Crippen molar-refractivity contribution < 1.29 is 9.90 Å². The molecule has 1 amide bonds. The number of aliphatic hydroxyl groups excluding tert-OH is 1. The molecule has 0 saturated heterocycles. The van der Waals surface area contributed by atoms with Crippen LogP contribution in [0, 0.1) is 18.8 Å². The molecule has 1 aromatic carbocycles. The minimum Gasteiger partial charge on any atom is -0.395 e. The standard InChI is InChI=1S/C23H21N5O2S/c1-15-2-3-18(23(30)25-11-16-6-9-31-13-16)10-17(15)4-5-19-12-28(7-8-29)22-20(19)21(24)26-14-27-22/h2-3,6,9-10,12-14,29H,7-8,11H2,1H3,(H,25,30)(H2,24,26,27). The van der Waals surface area contributed by atoms with Gasteiger partial charge in [-0.1, -0.05) is 17.9 Å². The molecule has 3 aromatic heterocycles. The molecule has 3 heterocycles. The van der Waals surface area contributed by atoms with Gasteiger partial charge in [-0.05, 0) is 47.0 Å². The van der Waals surface area contributed by atoms with E-state index in [1.807, 2.05) is 36.0 Å². The molecule has 0 aliphatic heterocycles. The Morgan fingerprint density at radius 3 is 2.87 bits per heavy atom. The van der Waals surface area contributed by atoms with Crippen molar-refractivity contribution in [2.45, 2.75) is 20.0 Å². The molecule has 0 bridgehead atoms. The number of nitrogens with two attached hydrogens (primary N) is 1. The molecule has 0 radical (unpaired) electrons. The van der Waals surface area contributed by atoms with E-state index in [0.717, 1.165) is 16.7 Å². The van der Waals surface area contributed by atoms with Gasteiger partial charge in [-0.15, -0.1) is 0 Å². The highest BCUT2D eigenvalue weighted by molar-refractivity contribution is 7.07. The molecule has 0 saturated carbocycles. The Balaban J connectivity index is 1.64. The number of carbonyl (C=O) groups is 1. The molecule has 0 aliphatic carbocycles. The van der Waals surface area contributed by atoms with Crippen molar-refractivity contribution >= 4 is 34.1 Å². The molecule has 0 unspecified atom stereocenters. The second-order valence-corrected chi connectivity index (χ2v) is 7.79. The summed E-state index contributed by atoms with van der Waals surface area (Å²) < 4.78 is 1.80. The monoisotopic (exact) mass is 431 g/mol. The molecule has 0 spiro atoms. The summed E-state index contributed by atoms with van der Waals surface area (Å²) in [4.78, 5) is 20.9. The zero-order chi connectivity index (χ0) is 21.8. The number of amides is 1. The number of hydrogen-bond donors (Lipinski definition) is 3. The number of rotatable bonds is 5. The van der Waals surface area contributed by atoms with Crippen LogP contribution in [0.3, 0.4) is 0 Å². The Morgan fingerprint density at radius 1 is 1.26 bits per heavy atom. The highest BCUT2D eigenvalue weighted by Gasteiger charge is 2.12. The van der Waals surface area contributed by atoms with E-state index < -0.39 is 0 Å². The van der Waals surface area contributed by atoms with Crippen LogP contribution in [-0.4, -0.2) is 32.2 Å². The summed E-state index contributed by atoms with van der Waals surface area (Å²) in [6, 6.07) is 7.45. The van der Waals surface area contributed by atoms with Crippen LogP contribution in [0.5, 0.6) is 0 Å². The highest BCUT2D eigenvalue weighted by Crippen LogP contribution is 2.23. The molecule has 156 valence electrons. The van der Waals surface area contributed by atoms with Crippen molar-refractivity contribution in [1.82, 2.24) is 19.9 Å². The SMILES string of the molecule is Cc1ccc(C(=O)NCc2ccsc2)cc1C#Cc1cn(CCO)c2ncnc(N)c12. The highest BCUT2D eigenvalue weighted by atomic mass is 32.1. The number of nitrogens with one attached hydrogen (secondary N) is 1. The maximum Gasteiger partial charge on any atom is 0.251 e. The van der Waals surface area contributed by atoms with Crippen LogP contribution >= 0.6 is 11.3 Å². The lowest BCUT2D eigenvalue weighted by Gasteiger charge is -2.06. The van der Waals surface area contributed by atoms with Crippen molar-refractivity contribution in [3.05, 3.63) is 75.4 Å². The van der Waals surface area contributed by atoms with Crippen LogP contribution in [0.2, 0.25) is 0 Å². The fourth-order valence-corrected chi connectivity index (χ4v) is 3.90. The van der Waals surface area contributed by atoms with Gasteiger partial charge in [0, 0.05) is 30.4 Å². The van der Waals surface area contributed by atoms with Gasteiger partial charge in [0.05, 0.1) is 17.6 Å². The third-order valence-electron chi connectivity index (χ3n) is 4.89. The zero-order valence-corrected chi connectivity index (χ0v) is 17.7. The molecular formula is C23H21N5O2S. The quantitative estimate of drug-likeness (QED) is 0.421. The molecular weight excluding hydrogens is 410 g/mol. The lowest BCUT2D eigenvalue weighted by molar-refractivity contribution is 0.0951. The number of thiophene rings is 1. The number of aliphatic hydroxyl groups is 1. The second kappa shape index (κ2) is 9.00. The molecule has 4 N–H and O–H groups in total. The molecule has 8 heteroatoms. The second-order valence-electron chi connectivity index (χ2n) is 7.01. The van der Waals surface area contributed by atoms with Gasteiger partial charge in [0.15, 0.2) is 0 Å². The van der Waals surface area contributed by atoms with Crippen LogP contribution in [0.1, 0.15) is 32.6 Å². The fourth-order valence-electron chi connectivity index (χ4n) is 3.23. The third-order valence-corrected chi connectivity index (χ3v) is 5.62. The molecule has 31 heavy (non-hydrogen) atoms. The molecule has 0 atom stereocenters. The van der Waals surface area contributed by atoms with Crippen molar-refractivity contribution in [3.8, 4) is 11.8 Å². The van der Waals surface area contributed by atoms with E-state index in [1.54, 1.807) is 28.0 Å². The first-order chi connectivity index (χ1) is 15.1. The van der Waals surface area contributed by atoms with E-state index >= 15 is 0 Å². The molecule has 4 rings (SSSR count). The van der Waals surface area contributed by atoms with Gasteiger partial charge in [-0.25, -0.2) is 9.97 Å². The maximum atomic E-state index is 12.6. The van der Waals surface area contributed by atoms with E-state index in [9.17, 15) is 9.90 Å². The summed E-state index contributed by atoms with van der Waals surface area (Å²) >= 11 is 1.60. The summed E-state index contributed by atoms with van der Waals surface area (Å²) in [7, 11) is 0. The maximum absolute atomic E-state index is 12.6. The number of anilines is 1. The van der Waals surface area contributed by atoms with E-state index in [0.29, 0.717) is 41.1 Å². The van der Waals surface area contributed by atoms with Gasteiger partial charge < -0.3 is 20.7 Å². The van der Waals surface area contributed by atoms with E-state index in [-0.39, 0.29) is 12.5 Å². The fraction of sp³-hybridized carbons (Fsp3) is 0.174. The van der Waals surface area contributed by atoms with Gasteiger partial charge in [0.1, 0.15) is 17.8 Å². The molecule has 7 nitrogen and oxygen atoms in total. The number of fused-ring (bicyclic) bond motifs is 1. The summed E-state index contributed by atoms with van der Waals surface area (Å²) in [5.74, 6) is 6.49. The molecule has 0 fully saturated rings. The smallest absolute Gasteiger partial charge is 0.251 e. The van der Waals surface area contributed by atoms with Crippen molar-refractivity contribution in [3.63, 3.8) is 0 Å². The first kappa shape index (κ1) is 20.6. The van der Waals surface area contributed by atoms with Gasteiger partial charge in [0.2, 0.25) is 0 Å². The Bertz CT molecular complexity index is 1300. The van der Waals surface area contributed by atoms with Crippen LogP contribution in [0.25, 0.3) is 11.0 Å². The number of benzene rings is 1. The summed E-state index contributed by atoms with van der Waals surface area (Å²) in [6.07, 6.45) is 3.21. The zero-order valence-electron chi connectivity index (χ0n) is 16.9. The lowest BCUT2D eigenvalue weighted by atomic mass is 10.0. The number of hydrogen-bond acceptors (Lipinski definition) is 6. The van der Waals surface area contributed by atoms with Crippen molar-refractivity contribution in [2.75, 3.05) is 12.3 Å². The van der Waals surface area contributed by atoms with E-state index in [1.165, 1.54) is 6.33 Å². The molecule has 4 aromatic rings. The Kier molecular flexibility index (Phi) is 5.98. The van der Waals surface area contributed by atoms with Crippen LogP contribution in [0.4, 0.5) is 5.82 Å². The normalized spacial score (nSPS) is 10.6. The predicted molar refractivity (Wildman–Crippen MR) is 122 cm³/mol. The minimum absolute atomic E-state index is 0.0256. The minimum atomic E-state index is -0.147. The summed E-state index contributed by atoms with van der Waals surface area (Å²) in [6.45, 7) is 2.79. The Labute approximate surface area is 183 Å². The van der Waals surface area contributed by atoms with Crippen molar-refractivity contribution in [2.24, 2.45) is 0 Å². The van der Waals surface area contributed by atoms with Crippen molar-refractivity contribution in [1.29, 1.82) is 0 Å². The predicted octanol–water partition coefficient (Wildman–Crippen LogP) is 2.71. The van der Waals surface area contributed by atoms with Gasteiger partial charge in [0.25, 0.3) is 5.91 Å². The van der Waals surface area contributed by atoms with E-state index in [4.69, 9.17) is 5.73 Å². The number of aromatic nitrogens is 3. The number of aryl methyl sites for hydroxylation is 1. The third kappa shape index (κ3) is 4.43. The van der Waals surface area contributed by atoms with Crippen LogP contribution < -0.4 is 11.1 Å². The number of nitrogen functional groups attached to an aromatic ring is 1.